The van der Waals surface area contributed by atoms with Crippen LogP contribution in [0.5, 0.6) is 5.75 Å². The lowest BCUT2D eigenvalue weighted by Gasteiger charge is -2.12. The number of halogens is 1. The summed E-state index contributed by atoms with van der Waals surface area (Å²) in [6, 6.07) is 19.2. The number of aryl methyl sites for hydroxylation is 1. The van der Waals surface area contributed by atoms with Gasteiger partial charge in [0.05, 0.1) is 28.8 Å². The molecule has 3 aromatic carbocycles. The van der Waals surface area contributed by atoms with Crippen LogP contribution in [-0.2, 0) is 0 Å². The Hall–Kier alpha value is -3.78. The third-order valence-electron chi connectivity index (χ3n) is 5.06. The number of carbonyl (C=O) groups is 1. The zero-order chi connectivity index (χ0) is 22.8. The summed E-state index contributed by atoms with van der Waals surface area (Å²) in [5.74, 6) is 0.334. The van der Waals surface area contributed by atoms with Gasteiger partial charge in [-0.25, -0.2) is 4.98 Å². The van der Waals surface area contributed by atoms with E-state index in [0.717, 1.165) is 15.8 Å². The fraction of sp³-hybridized carbons (Fsp3) is 0.0833. The standard InChI is InChI=1S/C24H18BrN3O4/c1-14-3-7-17(12-23(14)28(30)31)26-24(29)20-13-22(15-4-8-18(32-2)9-5-15)27-21-10-6-16(25)11-19(20)21/h3-13H,1-2H3,(H,26,29). The molecular formula is C24H18BrN3O4. The van der Waals surface area contributed by atoms with Gasteiger partial charge in [0.15, 0.2) is 0 Å². The fourth-order valence-electron chi connectivity index (χ4n) is 3.38. The smallest absolute Gasteiger partial charge is 0.274 e. The molecule has 0 radical (unpaired) electrons. The minimum atomic E-state index is -0.467. The molecule has 1 N–H and O–H groups in total. The summed E-state index contributed by atoms with van der Waals surface area (Å²) < 4.78 is 6.02. The predicted molar refractivity (Wildman–Crippen MR) is 127 cm³/mol. The van der Waals surface area contributed by atoms with E-state index < -0.39 is 4.92 Å². The first-order valence-electron chi connectivity index (χ1n) is 9.67. The van der Waals surface area contributed by atoms with Crippen LogP contribution in [0.4, 0.5) is 11.4 Å². The second-order valence-electron chi connectivity index (χ2n) is 7.16. The molecule has 1 heterocycles. The average molecular weight is 492 g/mol. The van der Waals surface area contributed by atoms with Crippen LogP contribution in [-0.4, -0.2) is 22.9 Å². The summed E-state index contributed by atoms with van der Waals surface area (Å²) in [5, 5.41) is 14.7. The first kappa shape index (κ1) is 21.5. The van der Waals surface area contributed by atoms with E-state index in [2.05, 4.69) is 21.2 Å². The molecule has 0 aliphatic rings. The number of methoxy groups -OCH3 is 1. The number of benzene rings is 3. The van der Waals surface area contributed by atoms with Crippen molar-refractivity contribution in [3.05, 3.63) is 92.4 Å². The van der Waals surface area contributed by atoms with Gasteiger partial charge >= 0.3 is 0 Å². The van der Waals surface area contributed by atoms with E-state index in [9.17, 15) is 14.9 Å². The summed E-state index contributed by atoms with van der Waals surface area (Å²) in [7, 11) is 1.60. The minimum absolute atomic E-state index is 0.0518. The highest BCUT2D eigenvalue weighted by molar-refractivity contribution is 9.10. The van der Waals surface area contributed by atoms with Gasteiger partial charge in [-0.05, 0) is 61.5 Å². The number of nitrogens with one attached hydrogen (secondary N) is 1. The van der Waals surface area contributed by atoms with Gasteiger partial charge in [-0.15, -0.1) is 0 Å². The molecule has 0 unspecified atom stereocenters. The molecule has 0 spiro atoms. The summed E-state index contributed by atoms with van der Waals surface area (Å²) in [5.41, 5.74) is 3.33. The number of hydrogen-bond acceptors (Lipinski definition) is 5. The molecule has 0 saturated carbocycles. The largest absolute Gasteiger partial charge is 0.497 e. The molecule has 160 valence electrons. The number of hydrogen-bond donors (Lipinski definition) is 1. The SMILES string of the molecule is COc1ccc(-c2cc(C(=O)Nc3ccc(C)c([N+](=O)[O-])c3)c3cc(Br)ccc3n2)cc1. The van der Waals surface area contributed by atoms with Gasteiger partial charge in [-0.3, -0.25) is 14.9 Å². The zero-order valence-electron chi connectivity index (χ0n) is 17.3. The highest BCUT2D eigenvalue weighted by atomic mass is 79.9. The summed E-state index contributed by atoms with van der Waals surface area (Å²) >= 11 is 3.45. The number of nitrogens with zero attached hydrogens (tertiary/aromatic N) is 2. The maximum absolute atomic E-state index is 13.2. The Bertz CT molecular complexity index is 1350. The minimum Gasteiger partial charge on any atom is -0.497 e. The number of pyridine rings is 1. The number of fused-ring (bicyclic) bond motifs is 1. The zero-order valence-corrected chi connectivity index (χ0v) is 18.8. The van der Waals surface area contributed by atoms with Gasteiger partial charge in [-0.2, -0.15) is 0 Å². The van der Waals surface area contributed by atoms with Gasteiger partial charge in [0.1, 0.15) is 5.75 Å². The Labute approximate surface area is 192 Å². The van der Waals surface area contributed by atoms with Crippen LogP contribution in [0.3, 0.4) is 0 Å². The van der Waals surface area contributed by atoms with Crippen LogP contribution >= 0.6 is 15.9 Å². The molecule has 1 amide bonds. The van der Waals surface area contributed by atoms with Crippen molar-refractivity contribution >= 4 is 44.1 Å². The van der Waals surface area contributed by atoms with Crippen molar-refractivity contribution in [2.75, 3.05) is 12.4 Å². The first-order chi connectivity index (χ1) is 15.4. The van der Waals surface area contributed by atoms with Crippen LogP contribution in [0.25, 0.3) is 22.2 Å². The Balaban J connectivity index is 1.79. The highest BCUT2D eigenvalue weighted by Crippen LogP contribution is 2.29. The van der Waals surface area contributed by atoms with E-state index in [0.29, 0.717) is 33.4 Å². The van der Waals surface area contributed by atoms with E-state index in [1.54, 1.807) is 32.2 Å². The third kappa shape index (κ3) is 4.31. The highest BCUT2D eigenvalue weighted by Gasteiger charge is 2.17. The topological polar surface area (TPSA) is 94.4 Å². The van der Waals surface area contributed by atoms with E-state index >= 15 is 0 Å². The molecule has 1 aromatic heterocycles. The molecule has 0 fully saturated rings. The van der Waals surface area contributed by atoms with E-state index in [4.69, 9.17) is 9.72 Å². The number of carbonyl (C=O) groups excluding carboxylic acids is 1. The van der Waals surface area contributed by atoms with Crippen molar-refractivity contribution in [1.82, 2.24) is 4.98 Å². The van der Waals surface area contributed by atoms with Gasteiger partial charge < -0.3 is 10.1 Å². The molecule has 0 aliphatic heterocycles. The summed E-state index contributed by atoms with van der Waals surface area (Å²) in [6.07, 6.45) is 0. The predicted octanol–water partition coefficient (Wildman–Crippen LogP) is 6.14. The van der Waals surface area contributed by atoms with E-state index in [1.807, 2.05) is 42.5 Å². The second kappa shape index (κ2) is 8.76. The number of aromatic nitrogens is 1. The summed E-state index contributed by atoms with van der Waals surface area (Å²) in [4.78, 5) is 28.7. The maximum Gasteiger partial charge on any atom is 0.274 e. The number of ether oxygens (including phenoxy) is 1. The number of nitro groups is 1. The lowest BCUT2D eigenvalue weighted by Crippen LogP contribution is -2.13. The van der Waals surface area contributed by atoms with Crippen molar-refractivity contribution < 1.29 is 14.5 Å². The molecule has 4 aromatic rings. The van der Waals surface area contributed by atoms with Crippen LogP contribution in [0.2, 0.25) is 0 Å². The average Bonchev–Trinajstić information content (AvgIpc) is 2.79. The fourth-order valence-corrected chi connectivity index (χ4v) is 3.74. The normalized spacial score (nSPS) is 10.7. The van der Waals surface area contributed by atoms with Crippen LogP contribution in [0, 0.1) is 17.0 Å². The maximum atomic E-state index is 13.2. The Morgan fingerprint density at radius 1 is 1.06 bits per heavy atom. The van der Waals surface area contributed by atoms with Gasteiger partial charge in [0.25, 0.3) is 11.6 Å². The van der Waals surface area contributed by atoms with Crippen molar-refractivity contribution in [1.29, 1.82) is 0 Å². The number of anilines is 1. The quantitative estimate of drug-likeness (QED) is 0.267. The van der Waals surface area contributed by atoms with E-state index in [1.165, 1.54) is 6.07 Å². The first-order valence-corrected chi connectivity index (χ1v) is 10.5. The monoisotopic (exact) mass is 491 g/mol. The van der Waals surface area contributed by atoms with Gasteiger partial charge in [0, 0.05) is 32.7 Å². The molecule has 0 bridgehead atoms. The molecule has 8 heteroatoms. The number of amides is 1. The van der Waals surface area contributed by atoms with Crippen molar-refractivity contribution in [3.8, 4) is 17.0 Å². The Kier molecular flexibility index (Phi) is 5.87. The Morgan fingerprint density at radius 3 is 2.50 bits per heavy atom. The molecule has 0 atom stereocenters. The molecule has 32 heavy (non-hydrogen) atoms. The molecule has 0 saturated heterocycles. The molecule has 4 rings (SSSR count). The molecular weight excluding hydrogens is 474 g/mol. The molecule has 7 nitrogen and oxygen atoms in total. The Morgan fingerprint density at radius 2 is 1.81 bits per heavy atom. The van der Waals surface area contributed by atoms with Gasteiger partial charge in [0.2, 0.25) is 0 Å². The lowest BCUT2D eigenvalue weighted by atomic mass is 10.0. The van der Waals surface area contributed by atoms with Crippen LogP contribution < -0.4 is 10.1 Å². The van der Waals surface area contributed by atoms with Crippen molar-refractivity contribution in [2.24, 2.45) is 0 Å². The number of nitro benzene ring substituents is 1. The van der Waals surface area contributed by atoms with Gasteiger partial charge in [-0.1, -0.05) is 22.0 Å². The lowest BCUT2D eigenvalue weighted by molar-refractivity contribution is -0.385. The van der Waals surface area contributed by atoms with Crippen LogP contribution in [0.15, 0.2) is 71.2 Å². The van der Waals surface area contributed by atoms with Crippen molar-refractivity contribution in [3.63, 3.8) is 0 Å². The van der Waals surface area contributed by atoms with Crippen LogP contribution in [0.1, 0.15) is 15.9 Å². The van der Waals surface area contributed by atoms with Crippen molar-refractivity contribution in [2.45, 2.75) is 6.92 Å². The second-order valence-corrected chi connectivity index (χ2v) is 8.07. The third-order valence-corrected chi connectivity index (χ3v) is 5.56. The summed E-state index contributed by atoms with van der Waals surface area (Å²) in [6.45, 7) is 1.65. The number of rotatable bonds is 5. The van der Waals surface area contributed by atoms with E-state index in [-0.39, 0.29) is 11.6 Å². The molecule has 0 aliphatic carbocycles.